The van der Waals surface area contributed by atoms with Crippen molar-refractivity contribution in [3.63, 3.8) is 0 Å². The average molecular weight is 311 g/mol. The lowest BCUT2D eigenvalue weighted by Gasteiger charge is -2.26. The van der Waals surface area contributed by atoms with Crippen LogP contribution in [0, 0.1) is 0 Å². The van der Waals surface area contributed by atoms with Crippen LogP contribution in [0.5, 0.6) is 0 Å². The predicted octanol–water partition coefficient (Wildman–Crippen LogP) is 0.993. The van der Waals surface area contributed by atoms with Crippen molar-refractivity contribution in [3.8, 4) is 0 Å². The molecule has 1 fully saturated rings. The van der Waals surface area contributed by atoms with Crippen molar-refractivity contribution in [1.82, 2.24) is 4.72 Å². The number of rotatable bonds is 4. The zero-order valence-electron chi connectivity index (χ0n) is 12.1. The molecule has 1 saturated heterocycles. The lowest BCUT2D eigenvalue weighted by molar-refractivity contribution is -0.0228. The Balaban J connectivity index is 1.75. The Kier molecular flexibility index (Phi) is 3.81. The molecule has 0 amide bonds. The van der Waals surface area contributed by atoms with Crippen LogP contribution in [0.2, 0.25) is 0 Å². The second-order valence-electron chi connectivity index (χ2n) is 5.98. The quantitative estimate of drug-likeness (QED) is 0.869. The van der Waals surface area contributed by atoms with Crippen molar-refractivity contribution in [3.05, 3.63) is 29.3 Å². The number of ether oxygens (including phenoxy) is 1. The molecule has 3 rings (SSSR count). The summed E-state index contributed by atoms with van der Waals surface area (Å²) < 4.78 is 32.6. The summed E-state index contributed by atoms with van der Waals surface area (Å²) in [6.07, 6.45) is 3.13. The van der Waals surface area contributed by atoms with E-state index >= 15 is 0 Å². The second kappa shape index (κ2) is 5.35. The van der Waals surface area contributed by atoms with E-state index in [1.165, 1.54) is 5.56 Å². The van der Waals surface area contributed by atoms with Gasteiger partial charge in [-0.3, -0.25) is 0 Å². The van der Waals surface area contributed by atoms with Crippen molar-refractivity contribution in [2.24, 2.45) is 0 Å². The van der Waals surface area contributed by atoms with Gasteiger partial charge in [0.1, 0.15) is 5.60 Å². The number of benzene rings is 1. The summed E-state index contributed by atoms with van der Waals surface area (Å²) in [6, 6.07) is 5.29. The van der Waals surface area contributed by atoms with Crippen LogP contribution in [0.3, 0.4) is 0 Å². The molecule has 1 aromatic carbocycles. The molecule has 6 heteroatoms. The van der Waals surface area contributed by atoms with E-state index in [9.17, 15) is 13.5 Å². The van der Waals surface area contributed by atoms with Gasteiger partial charge in [0.25, 0.3) is 0 Å². The first-order chi connectivity index (χ1) is 9.91. The van der Waals surface area contributed by atoms with Crippen molar-refractivity contribution in [1.29, 1.82) is 0 Å². The Hall–Kier alpha value is -0.950. The highest BCUT2D eigenvalue weighted by Crippen LogP contribution is 2.27. The van der Waals surface area contributed by atoms with Crippen molar-refractivity contribution in [2.75, 3.05) is 13.2 Å². The minimum atomic E-state index is -3.60. The van der Waals surface area contributed by atoms with Crippen LogP contribution in [-0.2, 0) is 27.6 Å². The van der Waals surface area contributed by atoms with Gasteiger partial charge in [-0.2, -0.15) is 0 Å². The lowest BCUT2D eigenvalue weighted by Crippen LogP contribution is -2.47. The van der Waals surface area contributed by atoms with Crippen LogP contribution in [-0.4, -0.2) is 38.4 Å². The molecule has 0 bridgehead atoms. The highest BCUT2D eigenvalue weighted by molar-refractivity contribution is 7.89. The molecule has 0 spiro atoms. The van der Waals surface area contributed by atoms with E-state index in [2.05, 4.69) is 4.72 Å². The smallest absolute Gasteiger partial charge is 0.240 e. The number of sulfonamides is 1. The van der Waals surface area contributed by atoms with Crippen molar-refractivity contribution < 1.29 is 18.3 Å². The fraction of sp³-hybridized carbons (Fsp3) is 0.600. The predicted molar refractivity (Wildman–Crippen MR) is 78.6 cm³/mol. The van der Waals surface area contributed by atoms with Crippen LogP contribution >= 0.6 is 0 Å². The Morgan fingerprint density at radius 1 is 1.38 bits per heavy atom. The van der Waals surface area contributed by atoms with E-state index < -0.39 is 15.6 Å². The molecule has 1 aromatic rings. The Morgan fingerprint density at radius 2 is 2.14 bits per heavy atom. The number of aryl methyl sites for hydroxylation is 2. The third-order valence-corrected chi connectivity index (χ3v) is 6.01. The normalized spacial score (nSPS) is 28.8. The zero-order valence-corrected chi connectivity index (χ0v) is 12.9. The average Bonchev–Trinajstić information content (AvgIpc) is 3.04. The molecule has 2 unspecified atom stereocenters. The topological polar surface area (TPSA) is 75.6 Å². The molecule has 1 aliphatic heterocycles. The molecule has 1 aliphatic carbocycles. The minimum absolute atomic E-state index is 0.0203. The van der Waals surface area contributed by atoms with E-state index in [1.807, 2.05) is 6.07 Å². The van der Waals surface area contributed by atoms with Gasteiger partial charge in [0.05, 0.1) is 11.0 Å². The van der Waals surface area contributed by atoms with Crippen LogP contribution in [0.4, 0.5) is 0 Å². The van der Waals surface area contributed by atoms with Gasteiger partial charge in [-0.15, -0.1) is 0 Å². The molecule has 1 heterocycles. The van der Waals surface area contributed by atoms with Crippen LogP contribution < -0.4 is 4.72 Å². The maximum atomic E-state index is 12.4. The maximum Gasteiger partial charge on any atom is 0.240 e. The third-order valence-electron chi connectivity index (χ3n) is 4.61. The first kappa shape index (κ1) is 15.0. The van der Waals surface area contributed by atoms with E-state index in [0.717, 1.165) is 24.8 Å². The van der Waals surface area contributed by atoms with E-state index in [-0.39, 0.29) is 17.5 Å². The molecule has 2 aliphatic rings. The highest BCUT2D eigenvalue weighted by Gasteiger charge is 2.40. The van der Waals surface area contributed by atoms with Crippen LogP contribution in [0.25, 0.3) is 0 Å². The summed E-state index contributed by atoms with van der Waals surface area (Å²) in [4.78, 5) is 0.276. The lowest BCUT2D eigenvalue weighted by atomic mass is 9.97. The molecule has 0 aromatic heterocycles. The highest BCUT2D eigenvalue weighted by atomic mass is 32.2. The van der Waals surface area contributed by atoms with Gasteiger partial charge in [-0.1, -0.05) is 6.07 Å². The van der Waals surface area contributed by atoms with E-state index in [0.29, 0.717) is 13.0 Å². The third kappa shape index (κ3) is 2.85. The number of hydrogen-bond acceptors (Lipinski definition) is 4. The molecule has 0 saturated carbocycles. The van der Waals surface area contributed by atoms with Crippen molar-refractivity contribution >= 4 is 10.0 Å². The molecule has 21 heavy (non-hydrogen) atoms. The largest absolute Gasteiger partial charge is 0.386 e. The number of hydrogen-bond donors (Lipinski definition) is 2. The van der Waals surface area contributed by atoms with Crippen LogP contribution in [0.15, 0.2) is 23.1 Å². The summed E-state index contributed by atoms with van der Waals surface area (Å²) in [6.45, 7) is 2.20. The number of aliphatic hydroxyl groups is 1. The summed E-state index contributed by atoms with van der Waals surface area (Å²) in [5.74, 6) is 0. The number of nitrogens with one attached hydrogen (secondary N) is 1. The fourth-order valence-corrected chi connectivity index (χ4v) is 4.17. The summed E-state index contributed by atoms with van der Waals surface area (Å²) >= 11 is 0. The number of fused-ring (bicyclic) bond motifs is 1. The molecule has 2 N–H and O–H groups in total. The van der Waals surface area contributed by atoms with Gasteiger partial charge in [0.15, 0.2) is 0 Å². The van der Waals surface area contributed by atoms with Crippen molar-refractivity contribution in [2.45, 2.75) is 49.2 Å². The fourth-order valence-electron chi connectivity index (χ4n) is 3.02. The molecular formula is C15H21NO4S. The first-order valence-electron chi connectivity index (χ1n) is 7.36. The van der Waals surface area contributed by atoms with Gasteiger partial charge in [0, 0.05) is 19.6 Å². The monoisotopic (exact) mass is 311 g/mol. The standard InChI is InChI=1S/C15H21NO4S/c1-11-15(17,7-8-20-11)10-16-21(18,19)14-6-5-12-3-2-4-13(12)9-14/h5-6,9,11,16-17H,2-4,7-8,10H2,1H3. The Bertz CT molecular complexity index is 643. The van der Waals surface area contributed by atoms with Crippen LogP contribution in [0.1, 0.15) is 30.9 Å². The molecule has 5 nitrogen and oxygen atoms in total. The molecule has 0 radical (unpaired) electrons. The zero-order chi connectivity index (χ0) is 15.1. The van der Waals surface area contributed by atoms with Gasteiger partial charge in [-0.25, -0.2) is 13.1 Å². The summed E-state index contributed by atoms with van der Waals surface area (Å²) in [7, 11) is -3.60. The first-order valence-corrected chi connectivity index (χ1v) is 8.84. The summed E-state index contributed by atoms with van der Waals surface area (Å²) in [5, 5.41) is 10.4. The SMILES string of the molecule is CC1OCCC1(O)CNS(=O)(=O)c1ccc2c(c1)CCC2. The van der Waals surface area contributed by atoms with E-state index in [1.54, 1.807) is 19.1 Å². The van der Waals surface area contributed by atoms with Gasteiger partial charge < -0.3 is 9.84 Å². The maximum absolute atomic E-state index is 12.4. The second-order valence-corrected chi connectivity index (χ2v) is 7.74. The molecular weight excluding hydrogens is 290 g/mol. The molecule has 2 atom stereocenters. The summed E-state index contributed by atoms with van der Waals surface area (Å²) in [5.41, 5.74) is 1.24. The van der Waals surface area contributed by atoms with Gasteiger partial charge in [0.2, 0.25) is 10.0 Å². The van der Waals surface area contributed by atoms with Gasteiger partial charge >= 0.3 is 0 Å². The minimum Gasteiger partial charge on any atom is -0.386 e. The Morgan fingerprint density at radius 3 is 2.86 bits per heavy atom. The molecule has 116 valence electrons. The van der Waals surface area contributed by atoms with Gasteiger partial charge in [-0.05, 0) is 49.4 Å². The van der Waals surface area contributed by atoms with E-state index in [4.69, 9.17) is 4.74 Å². The Labute approximate surface area is 125 Å².